The van der Waals surface area contributed by atoms with Crippen LogP contribution in [0, 0.1) is 5.82 Å². The number of fused-ring (bicyclic) bond motifs is 1. The number of carbonyl (C=O) groups excluding carboxylic acids is 1. The molecule has 0 bridgehead atoms. The Morgan fingerprint density at radius 3 is 2.61 bits per heavy atom. The zero-order chi connectivity index (χ0) is 23.4. The highest BCUT2D eigenvalue weighted by Crippen LogP contribution is 2.32. The van der Waals surface area contributed by atoms with E-state index in [0.717, 1.165) is 5.69 Å². The Hall–Kier alpha value is -2.96. The van der Waals surface area contributed by atoms with Crippen LogP contribution in [0.3, 0.4) is 0 Å². The fourth-order valence-electron chi connectivity index (χ4n) is 3.89. The van der Waals surface area contributed by atoms with Gasteiger partial charge in [-0.3, -0.25) is 9.78 Å². The Morgan fingerprint density at radius 1 is 1.12 bits per heavy atom. The molecule has 0 fully saturated rings. The van der Waals surface area contributed by atoms with Gasteiger partial charge in [0.2, 0.25) is 5.91 Å². The molecule has 0 saturated carbocycles. The number of amides is 1. The lowest BCUT2D eigenvalue weighted by molar-refractivity contribution is -0.124. The van der Waals surface area contributed by atoms with E-state index < -0.39 is 6.04 Å². The van der Waals surface area contributed by atoms with Crippen LogP contribution in [-0.4, -0.2) is 27.0 Å². The number of nitrogens with one attached hydrogen (secondary N) is 1. The molecule has 1 atom stereocenters. The molecule has 0 aliphatic rings. The molecule has 33 heavy (non-hydrogen) atoms. The van der Waals surface area contributed by atoms with Gasteiger partial charge >= 0.3 is 0 Å². The van der Waals surface area contributed by atoms with E-state index in [0.29, 0.717) is 51.9 Å². The van der Waals surface area contributed by atoms with Gasteiger partial charge in [-0.1, -0.05) is 54.4 Å². The highest BCUT2D eigenvalue weighted by molar-refractivity contribution is 6.42. The molecule has 2 aromatic carbocycles. The van der Waals surface area contributed by atoms with Crippen LogP contribution < -0.4 is 5.32 Å². The second-order valence-corrected chi connectivity index (χ2v) is 8.52. The molecule has 0 spiro atoms. The van der Waals surface area contributed by atoms with E-state index in [1.54, 1.807) is 36.5 Å². The zero-order valence-corrected chi connectivity index (χ0v) is 19.6. The van der Waals surface area contributed by atoms with Crippen molar-refractivity contribution >= 4 is 40.1 Å². The molecule has 0 radical (unpaired) electrons. The van der Waals surface area contributed by atoms with Gasteiger partial charge in [0, 0.05) is 31.3 Å². The third kappa shape index (κ3) is 5.18. The van der Waals surface area contributed by atoms with E-state index in [4.69, 9.17) is 28.2 Å². The lowest BCUT2D eigenvalue weighted by Crippen LogP contribution is -2.34. The molecule has 4 rings (SSSR count). The predicted molar refractivity (Wildman–Crippen MR) is 129 cm³/mol. The van der Waals surface area contributed by atoms with Gasteiger partial charge in [0.05, 0.1) is 21.1 Å². The van der Waals surface area contributed by atoms with Gasteiger partial charge in [0.25, 0.3) is 0 Å². The molecule has 4 aromatic rings. The lowest BCUT2D eigenvalue weighted by atomic mass is 10.1. The summed E-state index contributed by atoms with van der Waals surface area (Å²) in [5.41, 5.74) is 2.69. The maximum Gasteiger partial charge on any atom is 0.243 e. The van der Waals surface area contributed by atoms with Gasteiger partial charge < -0.3 is 9.88 Å². The quantitative estimate of drug-likeness (QED) is 0.344. The monoisotopic (exact) mass is 484 g/mol. The topological polar surface area (TPSA) is 59.8 Å². The average Bonchev–Trinajstić information content (AvgIpc) is 3.13. The van der Waals surface area contributed by atoms with Gasteiger partial charge in [0.15, 0.2) is 0 Å². The number of imidazole rings is 1. The summed E-state index contributed by atoms with van der Waals surface area (Å²) in [6.07, 6.45) is 3.10. The molecule has 1 amide bonds. The van der Waals surface area contributed by atoms with Crippen LogP contribution in [0.15, 0.2) is 60.8 Å². The zero-order valence-electron chi connectivity index (χ0n) is 18.1. The Morgan fingerprint density at radius 2 is 1.88 bits per heavy atom. The highest BCUT2D eigenvalue weighted by Gasteiger charge is 2.25. The Labute approximate surface area is 201 Å². The number of pyridine rings is 1. The van der Waals surface area contributed by atoms with E-state index in [9.17, 15) is 9.18 Å². The van der Waals surface area contributed by atoms with Crippen molar-refractivity contribution < 1.29 is 9.18 Å². The van der Waals surface area contributed by atoms with Gasteiger partial charge in [-0.15, -0.1) is 0 Å². The molecule has 0 unspecified atom stereocenters. The fraction of sp³-hybridized carbons (Fsp3) is 0.240. The Bertz CT molecular complexity index is 1280. The van der Waals surface area contributed by atoms with Crippen LogP contribution >= 0.6 is 23.2 Å². The van der Waals surface area contributed by atoms with Crippen molar-refractivity contribution in [3.63, 3.8) is 0 Å². The number of aromatic nitrogens is 3. The summed E-state index contributed by atoms with van der Waals surface area (Å²) in [5, 5.41) is 3.75. The normalized spacial score (nSPS) is 12.1. The second-order valence-electron chi connectivity index (χ2n) is 7.71. The summed E-state index contributed by atoms with van der Waals surface area (Å²) in [6.45, 7) is 2.38. The number of carbonyl (C=O) groups is 1. The maximum atomic E-state index is 14.4. The number of hydrogen-bond donors (Lipinski definition) is 1. The fourth-order valence-corrected chi connectivity index (χ4v) is 4.20. The first-order valence-electron chi connectivity index (χ1n) is 10.7. The summed E-state index contributed by atoms with van der Waals surface area (Å²) in [7, 11) is 0. The predicted octanol–water partition coefficient (Wildman–Crippen LogP) is 5.78. The molecule has 1 N–H and O–H groups in total. The van der Waals surface area contributed by atoms with Crippen LogP contribution in [0.1, 0.15) is 36.5 Å². The van der Waals surface area contributed by atoms with Crippen molar-refractivity contribution in [3.8, 4) is 0 Å². The SMILES string of the molecule is CC[C@@H](C(=O)NCCc1ccccn1)n1c(Cc2ccccc2F)nc2cc(Cl)c(Cl)cc21. The summed E-state index contributed by atoms with van der Waals surface area (Å²) < 4.78 is 16.2. The maximum absolute atomic E-state index is 14.4. The van der Waals surface area contributed by atoms with Gasteiger partial charge in [-0.05, 0) is 42.3 Å². The van der Waals surface area contributed by atoms with E-state index >= 15 is 0 Å². The molecule has 5 nitrogen and oxygen atoms in total. The standard InChI is InChI=1S/C25H23Cl2FN4O/c1-2-22(25(33)30-12-10-17-8-5-6-11-29-17)32-23-15-19(27)18(26)14-21(23)31-24(32)13-16-7-3-4-9-20(16)28/h3-9,11,14-15,22H,2,10,12-13H2,1H3,(H,30,33)/t22-/m0/s1. The first kappa shape index (κ1) is 23.2. The van der Waals surface area contributed by atoms with Crippen molar-refractivity contribution in [1.82, 2.24) is 19.9 Å². The molecule has 2 aromatic heterocycles. The molecular weight excluding hydrogens is 462 g/mol. The lowest BCUT2D eigenvalue weighted by Gasteiger charge is -2.20. The summed E-state index contributed by atoms with van der Waals surface area (Å²) >= 11 is 12.5. The number of benzene rings is 2. The van der Waals surface area contributed by atoms with Crippen LogP contribution in [-0.2, 0) is 17.6 Å². The Kier molecular flexibility index (Phi) is 7.26. The number of hydrogen-bond acceptors (Lipinski definition) is 3. The van der Waals surface area contributed by atoms with E-state index in [2.05, 4.69) is 10.3 Å². The van der Waals surface area contributed by atoms with Gasteiger partial charge in [-0.2, -0.15) is 0 Å². The van der Waals surface area contributed by atoms with Crippen LogP contribution in [0.4, 0.5) is 4.39 Å². The van der Waals surface area contributed by atoms with Gasteiger partial charge in [-0.25, -0.2) is 9.37 Å². The number of halogens is 3. The first-order chi connectivity index (χ1) is 16.0. The summed E-state index contributed by atoms with van der Waals surface area (Å²) in [4.78, 5) is 22.2. The minimum Gasteiger partial charge on any atom is -0.354 e. The second kappa shape index (κ2) is 10.3. The third-order valence-electron chi connectivity index (χ3n) is 5.52. The third-order valence-corrected chi connectivity index (χ3v) is 6.24. The molecule has 0 aliphatic heterocycles. The molecule has 0 saturated heterocycles. The molecule has 8 heteroatoms. The Balaban J connectivity index is 1.67. The summed E-state index contributed by atoms with van der Waals surface area (Å²) in [5.74, 6) is 0.105. The average molecular weight is 485 g/mol. The minimum atomic E-state index is -0.544. The van der Waals surface area contributed by atoms with Crippen molar-refractivity contribution in [1.29, 1.82) is 0 Å². The van der Waals surface area contributed by atoms with Gasteiger partial charge in [0.1, 0.15) is 17.7 Å². The van der Waals surface area contributed by atoms with Crippen LogP contribution in [0.25, 0.3) is 11.0 Å². The van der Waals surface area contributed by atoms with E-state index in [1.807, 2.05) is 29.7 Å². The molecule has 0 aliphatic carbocycles. The van der Waals surface area contributed by atoms with Crippen molar-refractivity contribution in [2.24, 2.45) is 0 Å². The number of nitrogens with zero attached hydrogens (tertiary/aromatic N) is 3. The van der Waals surface area contributed by atoms with Crippen LogP contribution in [0.5, 0.6) is 0 Å². The van der Waals surface area contributed by atoms with Crippen molar-refractivity contribution in [3.05, 3.63) is 93.7 Å². The summed E-state index contributed by atoms with van der Waals surface area (Å²) in [6, 6.07) is 15.1. The van der Waals surface area contributed by atoms with E-state index in [1.165, 1.54) is 6.07 Å². The van der Waals surface area contributed by atoms with Crippen molar-refractivity contribution in [2.45, 2.75) is 32.2 Å². The molecule has 170 valence electrons. The van der Waals surface area contributed by atoms with E-state index in [-0.39, 0.29) is 18.1 Å². The van der Waals surface area contributed by atoms with Crippen molar-refractivity contribution in [2.75, 3.05) is 6.54 Å². The minimum absolute atomic E-state index is 0.145. The first-order valence-corrected chi connectivity index (χ1v) is 11.5. The largest absolute Gasteiger partial charge is 0.354 e. The highest BCUT2D eigenvalue weighted by atomic mass is 35.5. The van der Waals surface area contributed by atoms with Crippen LogP contribution in [0.2, 0.25) is 10.0 Å². The number of rotatable bonds is 8. The smallest absolute Gasteiger partial charge is 0.243 e. The molecular formula is C25H23Cl2FN4O. The molecule has 2 heterocycles.